The zero-order valence-electron chi connectivity index (χ0n) is 16.6. The first-order valence-corrected chi connectivity index (χ1v) is 9.64. The molecule has 0 atom stereocenters. The number of nitrogens with one attached hydrogen (secondary N) is 2. The van der Waals surface area contributed by atoms with Crippen molar-refractivity contribution in [2.24, 2.45) is 0 Å². The summed E-state index contributed by atoms with van der Waals surface area (Å²) in [6.07, 6.45) is -4.59. The molecule has 0 aliphatic heterocycles. The van der Waals surface area contributed by atoms with Crippen LogP contribution >= 0.6 is 0 Å². The SMILES string of the molecule is O=[N+]([O-])c1ccc2[nH]nc(Nc3nc(-c4ccccc4C(F)(F)F)nc4ccccc34)c2c1. The number of alkyl halides is 3. The van der Waals surface area contributed by atoms with E-state index in [2.05, 4.69) is 25.5 Å². The molecule has 0 radical (unpaired) electrons. The van der Waals surface area contributed by atoms with E-state index in [9.17, 15) is 23.3 Å². The third-order valence-electron chi connectivity index (χ3n) is 5.07. The minimum Gasteiger partial charge on any atom is -0.322 e. The maximum atomic E-state index is 13.6. The lowest BCUT2D eigenvalue weighted by atomic mass is 10.1. The Kier molecular flexibility index (Phi) is 4.66. The molecule has 0 fully saturated rings. The molecule has 5 rings (SSSR count). The van der Waals surface area contributed by atoms with Crippen molar-refractivity contribution in [2.45, 2.75) is 6.18 Å². The van der Waals surface area contributed by atoms with Gasteiger partial charge < -0.3 is 5.32 Å². The fourth-order valence-corrected chi connectivity index (χ4v) is 3.54. The van der Waals surface area contributed by atoms with Gasteiger partial charge in [-0.2, -0.15) is 18.3 Å². The van der Waals surface area contributed by atoms with Crippen molar-refractivity contribution in [3.05, 3.63) is 82.4 Å². The summed E-state index contributed by atoms with van der Waals surface area (Å²) in [7, 11) is 0. The number of nitro benzene ring substituents is 1. The molecule has 33 heavy (non-hydrogen) atoms. The first-order valence-electron chi connectivity index (χ1n) is 9.64. The topological polar surface area (TPSA) is 110 Å². The Labute approximate surface area is 183 Å². The van der Waals surface area contributed by atoms with E-state index in [-0.39, 0.29) is 28.7 Å². The van der Waals surface area contributed by atoms with E-state index in [0.29, 0.717) is 21.8 Å². The van der Waals surface area contributed by atoms with Crippen LogP contribution in [0.3, 0.4) is 0 Å². The van der Waals surface area contributed by atoms with Crippen molar-refractivity contribution in [1.82, 2.24) is 20.2 Å². The highest BCUT2D eigenvalue weighted by Gasteiger charge is 2.34. The third-order valence-corrected chi connectivity index (χ3v) is 5.07. The number of anilines is 2. The van der Waals surface area contributed by atoms with Gasteiger partial charge in [0.1, 0.15) is 5.82 Å². The second kappa shape index (κ2) is 7.55. The van der Waals surface area contributed by atoms with Crippen molar-refractivity contribution in [2.75, 3.05) is 5.32 Å². The van der Waals surface area contributed by atoms with Crippen LogP contribution in [0.4, 0.5) is 30.5 Å². The number of fused-ring (bicyclic) bond motifs is 2. The van der Waals surface area contributed by atoms with Crippen LogP contribution in [0.15, 0.2) is 66.7 Å². The average Bonchev–Trinajstić information content (AvgIpc) is 3.20. The molecule has 0 bridgehead atoms. The molecule has 0 aliphatic rings. The second-order valence-electron chi connectivity index (χ2n) is 7.14. The molecule has 164 valence electrons. The molecule has 0 saturated carbocycles. The number of rotatable bonds is 4. The molecule has 0 amide bonds. The van der Waals surface area contributed by atoms with Crippen molar-refractivity contribution in [3.8, 4) is 11.4 Å². The lowest BCUT2D eigenvalue weighted by Gasteiger charge is -2.14. The lowest BCUT2D eigenvalue weighted by molar-refractivity contribution is -0.384. The standard InChI is InChI=1S/C22H13F3N6O2/c23-22(24,25)16-7-3-1-5-13(16)19-26-17-8-4-2-6-14(17)20(27-19)28-21-15-11-12(31(32)33)9-10-18(15)29-30-21/h1-11H,(H2,26,27,28,29,30). The predicted octanol–water partition coefficient (Wildman–Crippen LogP) is 5.84. The van der Waals surface area contributed by atoms with Gasteiger partial charge in [0.25, 0.3) is 5.69 Å². The summed E-state index contributed by atoms with van der Waals surface area (Å²) in [5, 5.41) is 22.1. The fourth-order valence-electron chi connectivity index (χ4n) is 3.54. The summed E-state index contributed by atoms with van der Waals surface area (Å²) in [4.78, 5) is 19.4. The maximum Gasteiger partial charge on any atom is 0.417 e. The molecular weight excluding hydrogens is 437 g/mol. The molecule has 0 saturated heterocycles. The fraction of sp³-hybridized carbons (Fsp3) is 0.0455. The highest BCUT2D eigenvalue weighted by Crippen LogP contribution is 2.37. The molecule has 2 aromatic heterocycles. The number of nitro groups is 1. The van der Waals surface area contributed by atoms with Gasteiger partial charge in [0, 0.05) is 23.1 Å². The summed E-state index contributed by atoms with van der Waals surface area (Å²) in [6.45, 7) is 0. The van der Waals surface area contributed by atoms with E-state index >= 15 is 0 Å². The molecule has 11 heteroatoms. The molecular formula is C22H13F3N6O2. The van der Waals surface area contributed by atoms with Crippen LogP contribution in [0, 0.1) is 10.1 Å². The lowest BCUT2D eigenvalue weighted by Crippen LogP contribution is -2.08. The van der Waals surface area contributed by atoms with Crippen LogP contribution in [0.1, 0.15) is 5.56 Å². The maximum absolute atomic E-state index is 13.6. The summed E-state index contributed by atoms with van der Waals surface area (Å²) in [5.41, 5.74) is -0.176. The largest absolute Gasteiger partial charge is 0.417 e. The van der Waals surface area contributed by atoms with Crippen molar-refractivity contribution < 1.29 is 18.1 Å². The van der Waals surface area contributed by atoms with Crippen LogP contribution < -0.4 is 5.32 Å². The van der Waals surface area contributed by atoms with Gasteiger partial charge in [-0.1, -0.05) is 30.3 Å². The Morgan fingerprint density at radius 3 is 2.45 bits per heavy atom. The Bertz CT molecular complexity index is 1530. The third kappa shape index (κ3) is 3.69. The van der Waals surface area contributed by atoms with Gasteiger partial charge in [-0.05, 0) is 24.3 Å². The van der Waals surface area contributed by atoms with Gasteiger partial charge in [0.05, 0.1) is 26.9 Å². The van der Waals surface area contributed by atoms with Gasteiger partial charge in [-0.3, -0.25) is 15.2 Å². The highest BCUT2D eigenvalue weighted by atomic mass is 19.4. The Balaban J connectivity index is 1.68. The zero-order chi connectivity index (χ0) is 23.2. The number of benzene rings is 3. The van der Waals surface area contributed by atoms with Crippen LogP contribution in [0.2, 0.25) is 0 Å². The first-order chi connectivity index (χ1) is 15.8. The molecule has 0 unspecified atom stereocenters. The summed E-state index contributed by atoms with van der Waals surface area (Å²) in [6, 6.07) is 16.1. The number of hydrogen-bond acceptors (Lipinski definition) is 6. The van der Waals surface area contributed by atoms with Crippen LogP contribution in [0.5, 0.6) is 0 Å². The molecule has 5 aromatic rings. The summed E-state index contributed by atoms with van der Waals surface area (Å²) < 4.78 is 40.8. The quantitative estimate of drug-likeness (QED) is 0.263. The molecule has 0 aliphatic carbocycles. The van der Waals surface area contributed by atoms with Crippen LogP contribution in [0.25, 0.3) is 33.2 Å². The van der Waals surface area contributed by atoms with Gasteiger partial charge in [0.15, 0.2) is 11.6 Å². The number of aromatic amines is 1. The Morgan fingerprint density at radius 2 is 1.67 bits per heavy atom. The number of aromatic nitrogens is 4. The number of halogens is 3. The number of H-pyrrole nitrogens is 1. The van der Waals surface area contributed by atoms with Crippen molar-refractivity contribution >= 4 is 39.1 Å². The summed E-state index contributed by atoms with van der Waals surface area (Å²) in [5.74, 6) is 0.343. The normalized spacial score (nSPS) is 11.7. The number of non-ortho nitro benzene ring substituents is 1. The molecule has 3 aromatic carbocycles. The minimum absolute atomic E-state index is 0.116. The van der Waals surface area contributed by atoms with Gasteiger partial charge in [-0.15, -0.1) is 0 Å². The van der Waals surface area contributed by atoms with Crippen LogP contribution in [-0.2, 0) is 6.18 Å². The Hall–Kier alpha value is -4.54. The summed E-state index contributed by atoms with van der Waals surface area (Å²) >= 11 is 0. The van der Waals surface area contributed by atoms with Gasteiger partial charge >= 0.3 is 6.18 Å². The van der Waals surface area contributed by atoms with Gasteiger partial charge in [0.2, 0.25) is 0 Å². The monoisotopic (exact) mass is 450 g/mol. The van der Waals surface area contributed by atoms with Crippen LogP contribution in [-0.4, -0.2) is 25.1 Å². The smallest absolute Gasteiger partial charge is 0.322 e. The zero-order valence-corrected chi connectivity index (χ0v) is 16.6. The number of para-hydroxylation sites is 1. The number of nitrogens with zero attached hydrogens (tertiary/aromatic N) is 4. The molecule has 2 N–H and O–H groups in total. The second-order valence-corrected chi connectivity index (χ2v) is 7.14. The van der Waals surface area contributed by atoms with Crippen molar-refractivity contribution in [1.29, 1.82) is 0 Å². The first kappa shape index (κ1) is 20.4. The van der Waals surface area contributed by atoms with Gasteiger partial charge in [-0.25, -0.2) is 9.97 Å². The molecule has 0 spiro atoms. The van der Waals surface area contributed by atoms with Crippen molar-refractivity contribution in [3.63, 3.8) is 0 Å². The van der Waals surface area contributed by atoms with E-state index in [0.717, 1.165) is 6.07 Å². The minimum atomic E-state index is -4.59. The molecule has 2 heterocycles. The van der Waals surface area contributed by atoms with E-state index < -0.39 is 16.7 Å². The number of hydrogen-bond donors (Lipinski definition) is 2. The van der Waals surface area contributed by atoms with E-state index in [1.54, 1.807) is 24.3 Å². The van der Waals surface area contributed by atoms with E-state index in [4.69, 9.17) is 0 Å². The molecule has 8 nitrogen and oxygen atoms in total. The average molecular weight is 450 g/mol. The predicted molar refractivity (Wildman–Crippen MR) is 116 cm³/mol. The van der Waals surface area contributed by atoms with E-state index in [1.165, 1.54) is 36.4 Å². The van der Waals surface area contributed by atoms with E-state index in [1.807, 2.05) is 0 Å². The Morgan fingerprint density at radius 1 is 0.909 bits per heavy atom. The highest BCUT2D eigenvalue weighted by molar-refractivity contribution is 5.97.